The second-order valence-corrected chi connectivity index (χ2v) is 8.82. The van der Waals surface area contributed by atoms with Crippen molar-refractivity contribution in [2.45, 2.75) is 13.0 Å². The number of rotatable bonds is 5. The molecule has 0 fully saturated rings. The number of hydrogen-bond acceptors (Lipinski definition) is 6. The van der Waals surface area contributed by atoms with E-state index in [0.29, 0.717) is 10.7 Å². The molecule has 1 atom stereocenters. The zero-order chi connectivity index (χ0) is 24.7. The number of aromatic nitrogens is 2. The minimum Gasteiger partial charge on any atom is -0.503 e. The highest BCUT2D eigenvalue weighted by Gasteiger charge is 2.47. The van der Waals surface area contributed by atoms with E-state index >= 15 is 0 Å². The summed E-state index contributed by atoms with van der Waals surface area (Å²) in [5.74, 6) is -4.17. The van der Waals surface area contributed by atoms with Crippen molar-refractivity contribution in [2.75, 3.05) is 4.90 Å². The van der Waals surface area contributed by atoms with Gasteiger partial charge in [0.05, 0.1) is 27.5 Å². The largest absolute Gasteiger partial charge is 0.503 e. The predicted octanol–water partition coefficient (Wildman–Crippen LogP) is 5.57. The molecule has 9 heteroatoms. The van der Waals surface area contributed by atoms with Gasteiger partial charge in [-0.2, -0.15) is 0 Å². The molecule has 1 aliphatic rings. The van der Waals surface area contributed by atoms with Gasteiger partial charge in [-0.25, -0.2) is 13.8 Å². The fourth-order valence-electron chi connectivity index (χ4n) is 4.01. The number of halogens is 2. The fraction of sp³-hybridized carbons (Fsp3) is 0.0769. The van der Waals surface area contributed by atoms with Gasteiger partial charge in [-0.3, -0.25) is 19.5 Å². The van der Waals surface area contributed by atoms with E-state index in [1.54, 1.807) is 25.1 Å². The number of hydrogen-bond donors (Lipinski definition) is 1. The number of carbonyl (C=O) groups is 2. The van der Waals surface area contributed by atoms with Crippen LogP contribution in [0.5, 0.6) is 0 Å². The van der Waals surface area contributed by atoms with Gasteiger partial charge in [0.25, 0.3) is 5.91 Å². The lowest BCUT2D eigenvalue weighted by atomic mass is 9.98. The molecule has 0 bridgehead atoms. The fourth-order valence-corrected chi connectivity index (χ4v) is 5.03. The summed E-state index contributed by atoms with van der Waals surface area (Å²) in [6.45, 7) is 1.66. The molecule has 2 aromatic carbocycles. The van der Waals surface area contributed by atoms with Crippen molar-refractivity contribution in [1.29, 1.82) is 0 Å². The Morgan fingerprint density at radius 1 is 1.06 bits per heavy atom. The molecule has 0 spiro atoms. The summed E-state index contributed by atoms with van der Waals surface area (Å²) in [6, 6.07) is 15.5. The van der Waals surface area contributed by atoms with Crippen LogP contribution in [0.4, 0.5) is 14.5 Å². The number of pyridine rings is 1. The van der Waals surface area contributed by atoms with Crippen molar-refractivity contribution in [3.63, 3.8) is 0 Å². The van der Waals surface area contributed by atoms with Gasteiger partial charge >= 0.3 is 0 Å². The third-order valence-electron chi connectivity index (χ3n) is 5.61. The summed E-state index contributed by atoms with van der Waals surface area (Å²) in [6.07, 6.45) is 1.45. The molecule has 0 radical (unpaired) electrons. The lowest BCUT2D eigenvalue weighted by Gasteiger charge is -2.26. The second-order valence-electron chi connectivity index (χ2n) is 7.82. The average Bonchev–Trinajstić information content (AvgIpc) is 3.39. The van der Waals surface area contributed by atoms with E-state index in [4.69, 9.17) is 0 Å². The van der Waals surface area contributed by atoms with Crippen LogP contribution in [0.2, 0.25) is 0 Å². The van der Waals surface area contributed by atoms with E-state index < -0.39 is 40.8 Å². The minimum atomic E-state index is -1.27. The van der Waals surface area contributed by atoms with Crippen LogP contribution in [0.25, 0.3) is 10.6 Å². The topological polar surface area (TPSA) is 83.4 Å². The number of aryl methyl sites for hydroxylation is 1. The minimum absolute atomic E-state index is 0.211. The zero-order valence-corrected chi connectivity index (χ0v) is 19.1. The first kappa shape index (κ1) is 22.5. The molecule has 2 aromatic heterocycles. The third kappa shape index (κ3) is 3.89. The van der Waals surface area contributed by atoms with Crippen LogP contribution in [-0.4, -0.2) is 26.8 Å². The standard InChI is InChI=1S/C26H17F2N3O3S/c1-14-24(35-25(30-14)15-7-3-2-4-8-15)22(32)20-21(18-9-5-6-12-29-18)31(26(34)23(20)33)19-13-16(27)10-11-17(19)28/h2-13,21,33H,1H3. The summed E-state index contributed by atoms with van der Waals surface area (Å²) in [5, 5.41) is 11.4. The van der Waals surface area contributed by atoms with Crippen LogP contribution in [-0.2, 0) is 4.79 Å². The molecule has 1 unspecified atom stereocenters. The Morgan fingerprint density at radius 3 is 2.51 bits per heavy atom. The van der Waals surface area contributed by atoms with Gasteiger partial charge in [-0.05, 0) is 31.2 Å². The quantitative estimate of drug-likeness (QED) is 0.371. The number of carbonyl (C=O) groups excluding carboxylic acids is 2. The highest BCUT2D eigenvalue weighted by atomic mass is 32.1. The SMILES string of the molecule is Cc1nc(-c2ccccc2)sc1C(=O)C1=C(O)C(=O)N(c2cc(F)ccc2F)C1c1ccccn1. The molecule has 3 heterocycles. The molecule has 0 aliphatic carbocycles. The van der Waals surface area contributed by atoms with Crippen molar-refractivity contribution in [3.8, 4) is 10.6 Å². The predicted molar refractivity (Wildman–Crippen MR) is 127 cm³/mol. The van der Waals surface area contributed by atoms with Crippen LogP contribution in [0, 0.1) is 18.6 Å². The van der Waals surface area contributed by atoms with Gasteiger partial charge in [0.1, 0.15) is 22.7 Å². The van der Waals surface area contributed by atoms with E-state index in [1.165, 1.54) is 6.20 Å². The van der Waals surface area contributed by atoms with Crippen molar-refractivity contribution in [3.05, 3.63) is 112 Å². The molecule has 0 saturated heterocycles. The number of aliphatic hydroxyl groups excluding tert-OH is 1. The van der Waals surface area contributed by atoms with Gasteiger partial charge in [0, 0.05) is 17.8 Å². The van der Waals surface area contributed by atoms with Gasteiger partial charge in [0.15, 0.2) is 5.76 Å². The molecule has 1 amide bonds. The number of amides is 1. The van der Waals surface area contributed by atoms with Crippen LogP contribution in [0.1, 0.15) is 27.1 Å². The zero-order valence-electron chi connectivity index (χ0n) is 18.3. The van der Waals surface area contributed by atoms with Gasteiger partial charge in [-0.1, -0.05) is 36.4 Å². The summed E-state index contributed by atoms with van der Waals surface area (Å²) >= 11 is 1.12. The number of ketones is 1. The van der Waals surface area contributed by atoms with Crippen LogP contribution in [0.3, 0.4) is 0 Å². The van der Waals surface area contributed by atoms with E-state index in [-0.39, 0.29) is 16.1 Å². The summed E-state index contributed by atoms with van der Waals surface area (Å²) in [5.41, 5.74) is 0.754. The monoisotopic (exact) mass is 489 g/mol. The maximum absolute atomic E-state index is 14.7. The smallest absolute Gasteiger partial charge is 0.294 e. The average molecular weight is 490 g/mol. The van der Waals surface area contributed by atoms with Crippen molar-refractivity contribution >= 4 is 28.7 Å². The first-order chi connectivity index (χ1) is 16.9. The lowest BCUT2D eigenvalue weighted by Crippen LogP contribution is -2.32. The highest BCUT2D eigenvalue weighted by molar-refractivity contribution is 7.17. The number of thiazole rings is 1. The van der Waals surface area contributed by atoms with E-state index in [2.05, 4.69) is 9.97 Å². The molecule has 6 nitrogen and oxygen atoms in total. The lowest BCUT2D eigenvalue weighted by molar-refractivity contribution is -0.117. The molecule has 0 saturated carbocycles. The van der Waals surface area contributed by atoms with E-state index in [0.717, 1.165) is 40.0 Å². The summed E-state index contributed by atoms with van der Waals surface area (Å²) in [7, 11) is 0. The van der Waals surface area contributed by atoms with Crippen molar-refractivity contribution in [1.82, 2.24) is 9.97 Å². The van der Waals surface area contributed by atoms with Gasteiger partial charge in [-0.15, -0.1) is 11.3 Å². The number of aliphatic hydroxyl groups is 1. The number of Topliss-reactive ketones (excluding diaryl/α,β-unsaturated/α-hetero) is 1. The van der Waals surface area contributed by atoms with Crippen LogP contribution < -0.4 is 4.90 Å². The van der Waals surface area contributed by atoms with Crippen LogP contribution in [0.15, 0.2) is 84.3 Å². The molecular formula is C26H17F2N3O3S. The van der Waals surface area contributed by atoms with E-state index in [1.807, 2.05) is 30.3 Å². The molecule has 1 N–H and O–H groups in total. The van der Waals surface area contributed by atoms with Gasteiger partial charge in [0.2, 0.25) is 5.78 Å². The maximum Gasteiger partial charge on any atom is 0.294 e. The number of anilines is 1. The molecule has 1 aliphatic heterocycles. The molecule has 35 heavy (non-hydrogen) atoms. The maximum atomic E-state index is 14.7. The third-order valence-corrected chi connectivity index (χ3v) is 6.82. The second kappa shape index (κ2) is 8.84. The first-order valence-electron chi connectivity index (χ1n) is 10.6. The molecule has 5 rings (SSSR count). The Bertz CT molecular complexity index is 1490. The Balaban J connectivity index is 1.65. The summed E-state index contributed by atoms with van der Waals surface area (Å²) < 4.78 is 28.8. The molecule has 174 valence electrons. The normalized spacial score (nSPS) is 15.7. The first-order valence-corrected chi connectivity index (χ1v) is 11.4. The Labute approximate surface area is 202 Å². The van der Waals surface area contributed by atoms with Crippen molar-refractivity contribution in [2.24, 2.45) is 0 Å². The van der Waals surface area contributed by atoms with Crippen LogP contribution >= 0.6 is 11.3 Å². The Kier molecular flexibility index (Phi) is 5.70. The van der Waals surface area contributed by atoms with Gasteiger partial charge < -0.3 is 5.11 Å². The number of benzene rings is 2. The Hall–Kier alpha value is -4.24. The van der Waals surface area contributed by atoms with E-state index in [9.17, 15) is 23.5 Å². The highest BCUT2D eigenvalue weighted by Crippen LogP contribution is 2.43. The molecular weight excluding hydrogens is 472 g/mol. The molecule has 4 aromatic rings. The summed E-state index contributed by atoms with van der Waals surface area (Å²) in [4.78, 5) is 36.7. The van der Waals surface area contributed by atoms with Crippen molar-refractivity contribution < 1.29 is 23.5 Å². The number of nitrogens with zero attached hydrogens (tertiary/aromatic N) is 3. The Morgan fingerprint density at radius 2 is 1.80 bits per heavy atom.